The summed E-state index contributed by atoms with van der Waals surface area (Å²) >= 11 is 0. The predicted octanol–water partition coefficient (Wildman–Crippen LogP) is 4.11. The molecule has 1 saturated heterocycles. The molecular formula is C36H31N3O5S2. The van der Waals surface area contributed by atoms with Crippen LogP contribution in [-0.2, 0) is 25.6 Å². The van der Waals surface area contributed by atoms with Gasteiger partial charge in [-0.05, 0) is 66.2 Å². The number of nitrogens with zero attached hydrogens (tertiary/aromatic N) is 2. The topological polar surface area (TPSA) is 107 Å². The highest BCUT2D eigenvalue weighted by molar-refractivity contribution is 8.76. The van der Waals surface area contributed by atoms with Crippen LogP contribution in [0.2, 0.25) is 0 Å². The van der Waals surface area contributed by atoms with Crippen molar-refractivity contribution in [2.75, 3.05) is 36.0 Å². The van der Waals surface area contributed by atoms with E-state index in [-0.39, 0.29) is 19.4 Å². The number of rotatable bonds is 8. The average molecular weight is 650 g/mol. The number of imide groups is 1. The summed E-state index contributed by atoms with van der Waals surface area (Å²) < 4.78 is 0. The van der Waals surface area contributed by atoms with E-state index in [0.717, 1.165) is 63.9 Å². The first-order valence-electron chi connectivity index (χ1n) is 14.7. The number of hydrogen-bond acceptors (Lipinski definition) is 7. The van der Waals surface area contributed by atoms with E-state index in [4.69, 9.17) is 0 Å². The van der Waals surface area contributed by atoms with Gasteiger partial charge < -0.3 is 15.3 Å². The maximum absolute atomic E-state index is 12.3. The van der Waals surface area contributed by atoms with Gasteiger partial charge in [-0.3, -0.25) is 19.3 Å². The van der Waals surface area contributed by atoms with Gasteiger partial charge in [0.15, 0.2) is 0 Å². The molecule has 8 nitrogen and oxygen atoms in total. The van der Waals surface area contributed by atoms with Gasteiger partial charge in [0.2, 0.25) is 5.91 Å². The zero-order chi connectivity index (χ0) is 32.3. The molecule has 0 aliphatic carbocycles. The molecule has 1 atom stereocenters. The molecule has 1 unspecified atom stereocenters. The molecule has 10 heteroatoms. The van der Waals surface area contributed by atoms with Gasteiger partial charge in [0, 0.05) is 84.1 Å². The highest BCUT2D eigenvalue weighted by atomic mass is 33.1. The van der Waals surface area contributed by atoms with Crippen LogP contribution in [0, 0.1) is 23.7 Å². The van der Waals surface area contributed by atoms with Gasteiger partial charge in [-0.1, -0.05) is 57.4 Å². The Kier molecular flexibility index (Phi) is 11.2. The largest absolute Gasteiger partial charge is 0.480 e. The molecule has 1 fully saturated rings. The zero-order valence-electron chi connectivity index (χ0n) is 24.9. The summed E-state index contributed by atoms with van der Waals surface area (Å²) in [6.45, 7) is 2.01. The van der Waals surface area contributed by atoms with Gasteiger partial charge in [-0.25, -0.2) is 4.79 Å². The molecule has 0 saturated carbocycles. The first-order chi connectivity index (χ1) is 22.3. The molecule has 3 amide bonds. The monoisotopic (exact) mass is 649 g/mol. The molecule has 5 rings (SSSR count). The highest BCUT2D eigenvalue weighted by Crippen LogP contribution is 2.26. The molecule has 2 N–H and O–H groups in total. The van der Waals surface area contributed by atoms with Crippen LogP contribution in [-0.4, -0.2) is 70.9 Å². The van der Waals surface area contributed by atoms with E-state index >= 15 is 0 Å². The SMILES string of the molecule is O=C(CCN1C(=O)C=CC1=O)NC(Cc1ccc(C#Cc2ccc(C#Cc3ccc(N4CCSSCC4)cc3)cc2)cc1)C(=O)O. The molecule has 0 radical (unpaired) electrons. The van der Waals surface area contributed by atoms with E-state index in [1.54, 1.807) is 24.3 Å². The lowest BCUT2D eigenvalue weighted by atomic mass is 10.0. The molecule has 0 aromatic heterocycles. The molecule has 2 heterocycles. The number of hydrogen-bond donors (Lipinski definition) is 2. The summed E-state index contributed by atoms with van der Waals surface area (Å²) in [4.78, 5) is 50.7. The lowest BCUT2D eigenvalue weighted by Gasteiger charge is -2.21. The average Bonchev–Trinajstić information content (AvgIpc) is 3.22. The molecule has 232 valence electrons. The van der Waals surface area contributed by atoms with Crippen LogP contribution < -0.4 is 10.2 Å². The predicted molar refractivity (Wildman–Crippen MR) is 182 cm³/mol. The molecule has 0 bridgehead atoms. The van der Waals surface area contributed by atoms with Gasteiger partial charge >= 0.3 is 5.97 Å². The van der Waals surface area contributed by atoms with Crippen LogP contribution >= 0.6 is 21.6 Å². The fourth-order valence-electron chi connectivity index (χ4n) is 4.76. The van der Waals surface area contributed by atoms with Crippen molar-refractivity contribution in [1.82, 2.24) is 10.2 Å². The Morgan fingerprint density at radius 3 is 1.67 bits per heavy atom. The van der Waals surface area contributed by atoms with E-state index in [1.807, 2.05) is 45.9 Å². The third kappa shape index (κ3) is 9.31. The van der Waals surface area contributed by atoms with Crippen molar-refractivity contribution in [3.63, 3.8) is 0 Å². The first-order valence-corrected chi connectivity index (χ1v) is 17.2. The maximum Gasteiger partial charge on any atom is 0.326 e. The van der Waals surface area contributed by atoms with E-state index < -0.39 is 29.7 Å². The summed E-state index contributed by atoms with van der Waals surface area (Å²) in [5.41, 5.74) is 5.42. The minimum atomic E-state index is -1.18. The fourth-order valence-corrected chi connectivity index (χ4v) is 6.74. The van der Waals surface area contributed by atoms with Crippen LogP contribution in [0.15, 0.2) is 84.9 Å². The molecule has 46 heavy (non-hydrogen) atoms. The number of aliphatic carboxylic acids is 1. The van der Waals surface area contributed by atoms with Crippen molar-refractivity contribution >= 4 is 51.0 Å². The number of carbonyl (C=O) groups excluding carboxylic acids is 3. The lowest BCUT2D eigenvalue weighted by molar-refractivity contribution is -0.142. The molecule has 0 spiro atoms. The minimum absolute atomic E-state index is 0.0709. The van der Waals surface area contributed by atoms with Gasteiger partial charge in [0.25, 0.3) is 11.8 Å². The van der Waals surface area contributed by atoms with Gasteiger partial charge in [-0.2, -0.15) is 0 Å². The van der Waals surface area contributed by atoms with Crippen molar-refractivity contribution in [1.29, 1.82) is 0 Å². The van der Waals surface area contributed by atoms with Gasteiger partial charge in [-0.15, -0.1) is 0 Å². The van der Waals surface area contributed by atoms with Gasteiger partial charge in [0.1, 0.15) is 6.04 Å². The van der Waals surface area contributed by atoms with Crippen molar-refractivity contribution in [2.45, 2.75) is 18.9 Å². The molecule has 2 aliphatic rings. The molecule has 3 aromatic rings. The minimum Gasteiger partial charge on any atom is -0.480 e. The normalized spacial score (nSPS) is 14.9. The van der Waals surface area contributed by atoms with E-state index in [9.17, 15) is 24.3 Å². The number of benzene rings is 3. The second kappa shape index (κ2) is 15.9. The molecule has 2 aliphatic heterocycles. The Labute approximate surface area is 276 Å². The summed E-state index contributed by atoms with van der Waals surface area (Å²) in [5, 5.41) is 12.1. The second-order valence-electron chi connectivity index (χ2n) is 10.5. The van der Waals surface area contributed by atoms with Crippen molar-refractivity contribution in [2.24, 2.45) is 0 Å². The van der Waals surface area contributed by atoms with E-state index in [0.29, 0.717) is 5.56 Å². The number of nitrogens with one attached hydrogen (secondary N) is 1. The van der Waals surface area contributed by atoms with E-state index in [2.05, 4.69) is 58.2 Å². The first kappa shape index (κ1) is 32.5. The van der Waals surface area contributed by atoms with Crippen LogP contribution in [0.25, 0.3) is 0 Å². The smallest absolute Gasteiger partial charge is 0.326 e. The van der Waals surface area contributed by atoms with Crippen molar-refractivity contribution in [3.05, 3.63) is 113 Å². The molecular weight excluding hydrogens is 619 g/mol. The van der Waals surface area contributed by atoms with E-state index in [1.165, 1.54) is 5.69 Å². The fraction of sp³-hybridized carbons (Fsp3) is 0.222. The lowest BCUT2D eigenvalue weighted by Crippen LogP contribution is -2.43. The third-order valence-corrected chi connectivity index (χ3v) is 9.65. The maximum atomic E-state index is 12.3. The Balaban J connectivity index is 1.11. The van der Waals surface area contributed by atoms with Crippen LogP contribution in [0.3, 0.4) is 0 Å². The van der Waals surface area contributed by atoms with Crippen molar-refractivity contribution < 1.29 is 24.3 Å². The Hall–Kier alpha value is -4.90. The Bertz CT molecular complexity index is 1720. The number of amides is 3. The van der Waals surface area contributed by atoms with Crippen LogP contribution in [0.1, 0.15) is 34.2 Å². The number of carbonyl (C=O) groups is 4. The van der Waals surface area contributed by atoms with Gasteiger partial charge in [0.05, 0.1) is 0 Å². The molecule has 3 aromatic carbocycles. The summed E-state index contributed by atoms with van der Waals surface area (Å²) in [5.74, 6) is 12.3. The Morgan fingerprint density at radius 2 is 1.20 bits per heavy atom. The number of carboxylic acids is 1. The number of carboxylic acid groups (broad SMARTS) is 1. The van der Waals surface area contributed by atoms with Crippen LogP contribution in [0.4, 0.5) is 5.69 Å². The summed E-state index contributed by atoms with van der Waals surface area (Å²) in [7, 11) is 3.87. The van der Waals surface area contributed by atoms with Crippen LogP contribution in [0.5, 0.6) is 0 Å². The second-order valence-corrected chi connectivity index (χ2v) is 13.2. The Morgan fingerprint density at radius 1 is 0.739 bits per heavy atom. The number of anilines is 1. The quantitative estimate of drug-likeness (QED) is 0.213. The summed E-state index contributed by atoms with van der Waals surface area (Å²) in [6, 6.07) is 22.2. The van der Waals surface area contributed by atoms with Crippen molar-refractivity contribution in [3.8, 4) is 23.7 Å². The highest BCUT2D eigenvalue weighted by Gasteiger charge is 2.25. The summed E-state index contributed by atoms with van der Waals surface area (Å²) in [6.07, 6.45) is 2.16. The standard InChI is InChI=1S/C36H31N3O5S2/c40-33(19-20-39-34(41)17-18-35(39)42)37-32(36(43)44)25-30-11-9-28(10-12-30)6-5-26-1-3-27(4-2-26)7-8-29-13-15-31(16-14-29)38-21-23-45-46-24-22-38/h1-4,9-18,32H,19-25H2,(H,37,40)(H,43,44). The zero-order valence-corrected chi connectivity index (χ0v) is 26.5. The third-order valence-electron chi connectivity index (χ3n) is 7.28.